The molecule has 0 aromatic rings. The maximum atomic E-state index is 5.59. The van der Waals surface area contributed by atoms with Crippen LogP contribution >= 0.6 is 11.6 Å². The molecule has 0 heterocycles. The number of unbranched alkanes of at least 4 members (excludes halogenated alkanes) is 7. The topological polar surface area (TPSA) is 9.23 Å². The van der Waals surface area contributed by atoms with Gasteiger partial charge >= 0.3 is 0 Å². The van der Waals surface area contributed by atoms with Crippen LogP contribution < -0.4 is 0 Å². The highest BCUT2D eigenvalue weighted by molar-refractivity contribution is 6.17. The van der Waals surface area contributed by atoms with Crippen molar-refractivity contribution < 1.29 is 4.74 Å². The average molecular weight is 353 g/mol. The third kappa shape index (κ3) is 21.2. The third-order valence-corrected chi connectivity index (χ3v) is 3.94. The van der Waals surface area contributed by atoms with Gasteiger partial charge in [0.25, 0.3) is 0 Å². The van der Waals surface area contributed by atoms with Crippen LogP contribution in [0.1, 0.15) is 77.6 Å². The second-order valence-electron chi connectivity index (χ2n) is 6.00. The Balaban J connectivity index is 3.28. The summed E-state index contributed by atoms with van der Waals surface area (Å²) in [5, 5.41) is 0. The van der Waals surface area contributed by atoms with Crippen LogP contribution in [0.15, 0.2) is 42.2 Å². The second-order valence-corrected chi connectivity index (χ2v) is 6.38. The van der Waals surface area contributed by atoms with Gasteiger partial charge in [0, 0.05) is 5.88 Å². The Labute approximate surface area is 155 Å². The second kappa shape index (κ2) is 22.2. The molecule has 138 valence electrons. The molecule has 0 N–H and O–H groups in total. The molecular weight excluding hydrogens is 316 g/mol. The van der Waals surface area contributed by atoms with Crippen LogP contribution in [0.2, 0.25) is 0 Å². The molecule has 24 heavy (non-hydrogen) atoms. The molecule has 0 atom stereocenters. The highest BCUT2D eigenvalue weighted by Gasteiger charge is 1.87. The molecule has 1 nitrogen and oxygen atoms in total. The summed E-state index contributed by atoms with van der Waals surface area (Å²) in [6.45, 7) is 3.68. The molecule has 0 fully saturated rings. The summed E-state index contributed by atoms with van der Waals surface area (Å²) in [6.07, 6.45) is 26.5. The molecule has 0 aliphatic heterocycles. The number of alkyl halides is 1. The molecule has 0 radical (unpaired) electrons. The first-order valence-corrected chi connectivity index (χ1v) is 10.3. The molecule has 0 aliphatic carbocycles. The fourth-order valence-electron chi connectivity index (χ4n) is 2.24. The van der Waals surface area contributed by atoms with Crippen molar-refractivity contribution in [2.24, 2.45) is 0 Å². The van der Waals surface area contributed by atoms with E-state index in [1.807, 2.05) is 12.2 Å². The van der Waals surface area contributed by atoms with Crippen LogP contribution in [0, 0.1) is 0 Å². The van der Waals surface area contributed by atoms with E-state index in [9.17, 15) is 0 Å². The molecule has 0 aliphatic rings. The number of hydrogen-bond acceptors (Lipinski definition) is 1. The molecule has 0 saturated carbocycles. The minimum Gasteiger partial charge on any atom is -0.376 e. The van der Waals surface area contributed by atoms with Crippen LogP contribution in [0.25, 0.3) is 0 Å². The summed E-state index contributed by atoms with van der Waals surface area (Å²) in [5.41, 5.74) is 3.11. The maximum Gasteiger partial charge on any atom is 0.0721 e. The lowest BCUT2D eigenvalue weighted by molar-refractivity contribution is 0.167. The first-order chi connectivity index (χ1) is 11.9. The molecule has 2 heteroatoms. The van der Waals surface area contributed by atoms with Crippen LogP contribution in [0.5, 0.6) is 0 Å². The molecular formula is C22H37ClO. The molecule has 0 aromatic heterocycles. The van der Waals surface area contributed by atoms with Crippen molar-refractivity contribution in [3.8, 4) is 0 Å². The first kappa shape index (κ1) is 23.2. The van der Waals surface area contributed by atoms with Crippen LogP contribution in [-0.2, 0) is 4.74 Å². The molecule has 0 amide bonds. The van der Waals surface area contributed by atoms with Gasteiger partial charge in [0.2, 0.25) is 0 Å². The average Bonchev–Trinajstić information content (AvgIpc) is 2.60. The summed E-state index contributed by atoms with van der Waals surface area (Å²) in [7, 11) is 0. The standard InChI is InChI=1S/C22H37ClO/c1-2-3-4-5-6-7-8-9-10-11-12-15-18-21-24-22-19-16-13-14-17-20-23/h9-10,12-13,15,19H,2-8,11,14,17-18,20-22H2,1H3. The molecule has 0 rings (SSSR count). The summed E-state index contributed by atoms with van der Waals surface area (Å²) in [5.74, 6) is 0.718. The van der Waals surface area contributed by atoms with Gasteiger partial charge in [-0.15, -0.1) is 17.3 Å². The van der Waals surface area contributed by atoms with Gasteiger partial charge in [-0.1, -0.05) is 63.3 Å². The predicted octanol–water partition coefficient (Wildman–Crippen LogP) is 7.38. The number of allylic oxidation sites excluding steroid dienone is 3. The molecule has 0 aromatic carbocycles. The van der Waals surface area contributed by atoms with Crippen molar-refractivity contribution in [2.75, 3.05) is 19.1 Å². The predicted molar refractivity (Wildman–Crippen MR) is 109 cm³/mol. The maximum absolute atomic E-state index is 5.59. The van der Waals surface area contributed by atoms with Crippen molar-refractivity contribution in [3.05, 3.63) is 42.2 Å². The van der Waals surface area contributed by atoms with Crippen molar-refractivity contribution in [1.29, 1.82) is 0 Å². The number of ether oxygens (including phenoxy) is 1. The smallest absolute Gasteiger partial charge is 0.0721 e. The summed E-state index contributed by atoms with van der Waals surface area (Å²) >= 11 is 5.59. The highest BCUT2D eigenvalue weighted by atomic mass is 35.5. The minimum absolute atomic E-state index is 0.642. The van der Waals surface area contributed by atoms with Gasteiger partial charge in [-0.2, -0.15) is 0 Å². The molecule has 0 spiro atoms. The van der Waals surface area contributed by atoms with Gasteiger partial charge in [-0.05, 0) is 50.7 Å². The summed E-state index contributed by atoms with van der Waals surface area (Å²) in [6, 6.07) is 0. The summed E-state index contributed by atoms with van der Waals surface area (Å²) in [4.78, 5) is 0. The van der Waals surface area contributed by atoms with E-state index >= 15 is 0 Å². The van der Waals surface area contributed by atoms with E-state index in [1.165, 1.54) is 44.9 Å². The molecule has 0 saturated heterocycles. The Morgan fingerprint density at radius 1 is 0.792 bits per heavy atom. The zero-order valence-electron chi connectivity index (χ0n) is 15.6. The molecule has 0 bridgehead atoms. The van der Waals surface area contributed by atoms with Gasteiger partial charge in [-0.3, -0.25) is 0 Å². The quantitative estimate of drug-likeness (QED) is 0.115. The van der Waals surface area contributed by atoms with Crippen molar-refractivity contribution in [2.45, 2.75) is 77.6 Å². The van der Waals surface area contributed by atoms with E-state index in [2.05, 4.69) is 37.0 Å². The van der Waals surface area contributed by atoms with E-state index in [0.29, 0.717) is 6.61 Å². The Kier molecular flexibility index (Phi) is 21.6. The number of halogens is 1. The van der Waals surface area contributed by atoms with Crippen LogP contribution in [0.4, 0.5) is 0 Å². The van der Waals surface area contributed by atoms with Crippen LogP contribution in [0.3, 0.4) is 0 Å². The number of hydrogen-bond donors (Lipinski definition) is 0. The van der Waals surface area contributed by atoms with Gasteiger partial charge in [-0.25, -0.2) is 0 Å². The van der Waals surface area contributed by atoms with Gasteiger partial charge in [0.05, 0.1) is 13.2 Å². The first-order valence-electron chi connectivity index (χ1n) is 9.75. The lowest BCUT2D eigenvalue weighted by Crippen LogP contribution is -1.91. The van der Waals surface area contributed by atoms with E-state index in [4.69, 9.17) is 16.3 Å². The van der Waals surface area contributed by atoms with Gasteiger partial charge in [0.15, 0.2) is 0 Å². The lowest BCUT2D eigenvalue weighted by Gasteiger charge is -1.97. The Morgan fingerprint density at radius 2 is 1.54 bits per heavy atom. The zero-order chi connectivity index (χ0) is 17.6. The van der Waals surface area contributed by atoms with E-state index < -0.39 is 0 Å². The van der Waals surface area contributed by atoms with E-state index in [-0.39, 0.29) is 0 Å². The SMILES string of the molecule is CCCCCCCCC=CCC=CCCOCC=C=CCCCCl. The Morgan fingerprint density at radius 3 is 2.33 bits per heavy atom. The fraction of sp³-hybridized carbons (Fsp3) is 0.682. The van der Waals surface area contributed by atoms with Crippen molar-refractivity contribution >= 4 is 11.6 Å². The largest absolute Gasteiger partial charge is 0.376 e. The van der Waals surface area contributed by atoms with Crippen LogP contribution in [-0.4, -0.2) is 19.1 Å². The normalized spacial score (nSPS) is 11.2. The number of rotatable bonds is 17. The monoisotopic (exact) mass is 352 g/mol. The minimum atomic E-state index is 0.642. The van der Waals surface area contributed by atoms with E-state index in [1.54, 1.807) is 0 Å². The summed E-state index contributed by atoms with van der Waals surface area (Å²) < 4.78 is 5.51. The van der Waals surface area contributed by atoms with Crippen molar-refractivity contribution in [1.82, 2.24) is 0 Å². The van der Waals surface area contributed by atoms with Crippen molar-refractivity contribution in [3.63, 3.8) is 0 Å². The Hall–Kier alpha value is -0.750. The highest BCUT2D eigenvalue weighted by Crippen LogP contribution is 2.07. The van der Waals surface area contributed by atoms with Gasteiger partial charge < -0.3 is 4.74 Å². The Bertz CT molecular complexity index is 351. The van der Waals surface area contributed by atoms with Gasteiger partial charge in [0.1, 0.15) is 0 Å². The third-order valence-electron chi connectivity index (χ3n) is 3.68. The zero-order valence-corrected chi connectivity index (χ0v) is 16.4. The van der Waals surface area contributed by atoms with E-state index in [0.717, 1.165) is 38.2 Å². The molecule has 0 unspecified atom stereocenters. The fourth-order valence-corrected chi connectivity index (χ4v) is 2.39. The lowest BCUT2D eigenvalue weighted by atomic mass is 10.1.